The van der Waals surface area contributed by atoms with Gasteiger partial charge in [0, 0.05) is 20.7 Å². The fraction of sp³-hybridized carbons (Fsp3) is 0. The predicted octanol–water partition coefficient (Wildman–Crippen LogP) is 4.47. The molecule has 0 aliphatic heterocycles. The van der Waals surface area contributed by atoms with Gasteiger partial charge in [0.25, 0.3) is 0 Å². The Bertz CT molecular complexity index is 706. The van der Waals surface area contributed by atoms with Crippen LogP contribution in [0.15, 0.2) is 39.4 Å². The number of nitrogens with zero attached hydrogens (tertiary/aromatic N) is 2. The minimum absolute atomic E-state index is 0.692. The molecule has 0 unspecified atom stereocenters. The van der Waals surface area contributed by atoms with E-state index in [0.717, 1.165) is 29.9 Å². The van der Waals surface area contributed by atoms with Crippen molar-refractivity contribution in [2.24, 2.45) is 0 Å². The van der Waals surface area contributed by atoms with Gasteiger partial charge < -0.3 is 5.73 Å². The molecule has 90 valence electrons. The number of halogens is 2. The molecular formula is C12H7Br2N3S. The number of nitrogen functional groups attached to an aromatic ring is 1. The third kappa shape index (κ3) is 2.04. The van der Waals surface area contributed by atoms with Gasteiger partial charge in [0.05, 0.1) is 5.69 Å². The van der Waals surface area contributed by atoms with Gasteiger partial charge in [-0.15, -0.1) is 0 Å². The van der Waals surface area contributed by atoms with Crippen molar-refractivity contribution in [1.82, 2.24) is 9.97 Å². The molecule has 0 amide bonds. The second-order valence-electron chi connectivity index (χ2n) is 3.70. The van der Waals surface area contributed by atoms with Gasteiger partial charge >= 0.3 is 0 Å². The smallest absolute Gasteiger partial charge is 0.143 e. The lowest BCUT2D eigenvalue weighted by atomic mass is 10.2. The zero-order chi connectivity index (χ0) is 12.7. The van der Waals surface area contributed by atoms with Crippen molar-refractivity contribution < 1.29 is 0 Å². The lowest BCUT2D eigenvalue weighted by Gasteiger charge is -2.05. The molecule has 0 spiro atoms. The summed E-state index contributed by atoms with van der Waals surface area (Å²) in [5, 5.41) is 0.878. The number of thiazole rings is 1. The van der Waals surface area contributed by atoms with E-state index >= 15 is 0 Å². The third-order valence-electron chi connectivity index (χ3n) is 2.49. The van der Waals surface area contributed by atoms with Gasteiger partial charge in [0.15, 0.2) is 0 Å². The van der Waals surface area contributed by atoms with Crippen LogP contribution in [0.1, 0.15) is 0 Å². The monoisotopic (exact) mass is 383 g/mol. The predicted molar refractivity (Wildman–Crippen MR) is 82.7 cm³/mol. The van der Waals surface area contributed by atoms with Crippen molar-refractivity contribution in [3.63, 3.8) is 0 Å². The van der Waals surface area contributed by atoms with Gasteiger partial charge in [-0.2, -0.15) is 0 Å². The quantitative estimate of drug-likeness (QED) is 0.630. The Morgan fingerprint density at radius 2 is 2.06 bits per heavy atom. The highest BCUT2D eigenvalue weighted by atomic mass is 79.9. The molecule has 0 aliphatic rings. The van der Waals surface area contributed by atoms with E-state index in [1.54, 1.807) is 6.20 Å². The molecule has 6 heteroatoms. The molecule has 1 aromatic carbocycles. The Morgan fingerprint density at radius 3 is 2.83 bits per heavy atom. The minimum Gasteiger partial charge on any atom is -0.397 e. The van der Waals surface area contributed by atoms with Crippen molar-refractivity contribution >= 4 is 59.2 Å². The first-order chi connectivity index (χ1) is 8.65. The minimum atomic E-state index is 0.692. The van der Waals surface area contributed by atoms with E-state index in [1.165, 1.54) is 11.3 Å². The van der Waals surface area contributed by atoms with Gasteiger partial charge in [-0.25, -0.2) is 9.97 Å². The Morgan fingerprint density at radius 1 is 1.22 bits per heavy atom. The maximum atomic E-state index is 6.08. The van der Waals surface area contributed by atoms with Crippen molar-refractivity contribution in [3.8, 4) is 10.6 Å². The normalized spacial score (nSPS) is 11.0. The molecule has 18 heavy (non-hydrogen) atoms. The largest absolute Gasteiger partial charge is 0.397 e. The first kappa shape index (κ1) is 12.1. The maximum absolute atomic E-state index is 6.08. The molecule has 0 radical (unpaired) electrons. The summed E-state index contributed by atoms with van der Waals surface area (Å²) in [5.74, 6) is 0. The van der Waals surface area contributed by atoms with E-state index in [9.17, 15) is 0 Å². The van der Waals surface area contributed by atoms with E-state index in [1.807, 2.05) is 24.3 Å². The van der Waals surface area contributed by atoms with Crippen LogP contribution in [0.4, 0.5) is 5.69 Å². The average molecular weight is 385 g/mol. The molecular weight excluding hydrogens is 378 g/mol. The summed E-state index contributed by atoms with van der Waals surface area (Å²) in [6, 6.07) is 7.72. The standard InChI is InChI=1S/C12H7Br2N3S/c13-6-4-7(10(15)8(14)5-6)11-17-9-2-1-3-16-12(9)18-11/h1-5H,15H2. The van der Waals surface area contributed by atoms with E-state index in [0.29, 0.717) is 5.69 Å². The number of fused-ring (bicyclic) bond motifs is 1. The van der Waals surface area contributed by atoms with Crippen molar-refractivity contribution in [2.75, 3.05) is 5.73 Å². The van der Waals surface area contributed by atoms with Gasteiger partial charge in [-0.1, -0.05) is 27.3 Å². The molecule has 0 atom stereocenters. The summed E-state index contributed by atoms with van der Waals surface area (Å²) < 4.78 is 1.82. The van der Waals surface area contributed by atoms with Crippen LogP contribution >= 0.6 is 43.2 Å². The second kappa shape index (κ2) is 4.60. The van der Waals surface area contributed by atoms with Crippen molar-refractivity contribution in [3.05, 3.63) is 39.4 Å². The van der Waals surface area contributed by atoms with Crippen LogP contribution in [0.3, 0.4) is 0 Å². The Kier molecular flexibility index (Phi) is 3.09. The molecule has 2 aromatic heterocycles. The molecule has 0 aliphatic carbocycles. The molecule has 3 rings (SSSR count). The molecule has 2 N–H and O–H groups in total. The third-order valence-corrected chi connectivity index (χ3v) is 4.62. The van der Waals surface area contributed by atoms with Crippen molar-refractivity contribution in [2.45, 2.75) is 0 Å². The van der Waals surface area contributed by atoms with E-state index in [2.05, 4.69) is 41.8 Å². The van der Waals surface area contributed by atoms with E-state index in [-0.39, 0.29) is 0 Å². The van der Waals surface area contributed by atoms with Gasteiger partial charge in [0.2, 0.25) is 0 Å². The Labute approximate surface area is 124 Å². The number of anilines is 1. The van der Waals surface area contributed by atoms with Gasteiger partial charge in [-0.05, 0) is 40.2 Å². The number of pyridine rings is 1. The summed E-state index contributed by atoms with van der Waals surface area (Å²) in [6.07, 6.45) is 1.77. The van der Waals surface area contributed by atoms with Crippen LogP contribution in [0.25, 0.3) is 20.9 Å². The van der Waals surface area contributed by atoms with Gasteiger partial charge in [-0.3, -0.25) is 0 Å². The van der Waals surface area contributed by atoms with Crippen LogP contribution in [0.5, 0.6) is 0 Å². The summed E-state index contributed by atoms with van der Waals surface area (Å²) in [4.78, 5) is 9.77. The van der Waals surface area contributed by atoms with Crippen LogP contribution < -0.4 is 5.73 Å². The number of hydrogen-bond donors (Lipinski definition) is 1. The molecule has 0 fully saturated rings. The molecule has 0 bridgehead atoms. The Balaban J connectivity index is 2.26. The number of hydrogen-bond acceptors (Lipinski definition) is 4. The maximum Gasteiger partial charge on any atom is 0.143 e. The topological polar surface area (TPSA) is 51.8 Å². The first-order valence-electron chi connectivity index (χ1n) is 5.11. The summed E-state index contributed by atoms with van der Waals surface area (Å²) in [5.41, 5.74) is 8.59. The first-order valence-corrected chi connectivity index (χ1v) is 7.52. The molecule has 2 heterocycles. The van der Waals surface area contributed by atoms with Gasteiger partial charge in [0.1, 0.15) is 15.4 Å². The van der Waals surface area contributed by atoms with E-state index < -0.39 is 0 Å². The molecule has 0 saturated heterocycles. The zero-order valence-electron chi connectivity index (χ0n) is 9.02. The highest BCUT2D eigenvalue weighted by Crippen LogP contribution is 2.38. The summed E-state index contributed by atoms with van der Waals surface area (Å²) in [7, 11) is 0. The highest BCUT2D eigenvalue weighted by molar-refractivity contribution is 9.11. The van der Waals surface area contributed by atoms with Crippen LogP contribution in [0, 0.1) is 0 Å². The van der Waals surface area contributed by atoms with Crippen LogP contribution in [-0.4, -0.2) is 9.97 Å². The number of rotatable bonds is 1. The van der Waals surface area contributed by atoms with Crippen LogP contribution in [-0.2, 0) is 0 Å². The number of benzene rings is 1. The Hall–Kier alpha value is -0.980. The number of aromatic nitrogens is 2. The lowest BCUT2D eigenvalue weighted by Crippen LogP contribution is -1.91. The van der Waals surface area contributed by atoms with Crippen LogP contribution in [0.2, 0.25) is 0 Å². The molecule has 3 aromatic rings. The summed E-state index contributed by atoms with van der Waals surface area (Å²) >= 11 is 8.45. The zero-order valence-corrected chi connectivity index (χ0v) is 13.0. The number of nitrogens with two attached hydrogens (primary N) is 1. The van der Waals surface area contributed by atoms with Crippen molar-refractivity contribution in [1.29, 1.82) is 0 Å². The lowest BCUT2D eigenvalue weighted by molar-refractivity contribution is 1.40. The van der Waals surface area contributed by atoms with E-state index in [4.69, 9.17) is 5.73 Å². The fourth-order valence-electron chi connectivity index (χ4n) is 1.65. The fourth-order valence-corrected chi connectivity index (χ4v) is 3.81. The SMILES string of the molecule is Nc1c(Br)cc(Br)cc1-c1nc2cccnc2s1. The highest BCUT2D eigenvalue weighted by Gasteiger charge is 2.12. The molecule has 3 nitrogen and oxygen atoms in total. The second-order valence-corrected chi connectivity index (χ2v) is 6.44. The summed E-state index contributed by atoms with van der Waals surface area (Å²) in [6.45, 7) is 0. The average Bonchev–Trinajstić information content (AvgIpc) is 2.77. The molecule has 0 saturated carbocycles.